The van der Waals surface area contributed by atoms with Gasteiger partial charge < -0.3 is 10.1 Å². The number of rotatable bonds is 7. The van der Waals surface area contributed by atoms with Crippen molar-refractivity contribution in [3.63, 3.8) is 0 Å². The molecule has 0 heterocycles. The number of methoxy groups -OCH3 is 1. The molecule has 0 aliphatic rings. The van der Waals surface area contributed by atoms with Crippen LogP contribution in [0.25, 0.3) is 0 Å². The van der Waals surface area contributed by atoms with E-state index in [1.165, 1.54) is 11.1 Å². The first-order valence-corrected chi connectivity index (χ1v) is 8.39. The minimum atomic E-state index is 0.0681. The molecule has 3 nitrogen and oxygen atoms in total. The molecule has 1 aromatic rings. The lowest BCUT2D eigenvalue weighted by Crippen LogP contribution is -2.34. The van der Waals surface area contributed by atoms with Crippen LogP contribution in [0.15, 0.2) is 21.5 Å². The fourth-order valence-corrected chi connectivity index (χ4v) is 3.11. The average Bonchev–Trinajstić information content (AvgIpc) is 2.39. The van der Waals surface area contributed by atoms with Crippen LogP contribution in [0.1, 0.15) is 24.5 Å². The molecule has 0 saturated heterocycles. The number of carbonyl (C=O) groups is 1. The summed E-state index contributed by atoms with van der Waals surface area (Å²) in [4.78, 5) is 13.0. The highest BCUT2D eigenvalue weighted by atomic mass is 79.9. The summed E-state index contributed by atoms with van der Waals surface area (Å²) in [5, 5.41) is 2.98. The quantitative estimate of drug-likeness (QED) is 0.754. The van der Waals surface area contributed by atoms with Crippen molar-refractivity contribution in [3.8, 4) is 0 Å². The van der Waals surface area contributed by atoms with Crippen LogP contribution in [0.2, 0.25) is 0 Å². The first-order chi connectivity index (χ1) is 9.43. The second-order valence-corrected chi connectivity index (χ2v) is 6.78. The third kappa shape index (κ3) is 5.85. The van der Waals surface area contributed by atoms with Gasteiger partial charge in [0.2, 0.25) is 5.91 Å². The lowest BCUT2D eigenvalue weighted by Gasteiger charge is -2.14. The molecule has 0 aliphatic carbocycles. The summed E-state index contributed by atoms with van der Waals surface area (Å²) >= 11 is 5.10. The Morgan fingerprint density at radius 2 is 2.10 bits per heavy atom. The number of ether oxygens (including phenoxy) is 1. The van der Waals surface area contributed by atoms with E-state index in [2.05, 4.69) is 47.2 Å². The highest BCUT2D eigenvalue weighted by Gasteiger charge is 2.09. The van der Waals surface area contributed by atoms with Gasteiger partial charge in [0.1, 0.15) is 0 Å². The Morgan fingerprint density at radius 1 is 1.40 bits per heavy atom. The molecule has 1 atom stereocenters. The number of amides is 1. The van der Waals surface area contributed by atoms with E-state index >= 15 is 0 Å². The second-order valence-electron chi connectivity index (χ2n) is 4.91. The molecular weight excluding hydrogens is 338 g/mol. The Balaban J connectivity index is 2.47. The number of aryl methyl sites for hydroxylation is 2. The molecule has 0 aliphatic heterocycles. The maximum atomic E-state index is 11.9. The van der Waals surface area contributed by atoms with E-state index in [9.17, 15) is 4.79 Å². The van der Waals surface area contributed by atoms with E-state index in [4.69, 9.17) is 4.74 Å². The monoisotopic (exact) mass is 359 g/mol. The number of halogens is 1. The number of thioether (sulfide) groups is 1. The predicted octanol–water partition coefficient (Wildman–Crippen LogP) is 3.70. The minimum Gasteiger partial charge on any atom is -0.385 e. The van der Waals surface area contributed by atoms with Gasteiger partial charge in [-0.1, -0.05) is 15.9 Å². The molecule has 0 spiro atoms. The van der Waals surface area contributed by atoms with Gasteiger partial charge in [-0.3, -0.25) is 4.79 Å². The van der Waals surface area contributed by atoms with Crippen molar-refractivity contribution in [1.29, 1.82) is 0 Å². The number of benzene rings is 1. The molecule has 0 saturated carbocycles. The zero-order valence-electron chi connectivity index (χ0n) is 12.5. The van der Waals surface area contributed by atoms with Crippen molar-refractivity contribution in [3.05, 3.63) is 27.7 Å². The predicted molar refractivity (Wildman–Crippen MR) is 88.4 cm³/mol. The highest BCUT2D eigenvalue weighted by Crippen LogP contribution is 2.28. The van der Waals surface area contributed by atoms with Crippen LogP contribution in [0, 0.1) is 13.8 Å². The van der Waals surface area contributed by atoms with Gasteiger partial charge in [-0.15, -0.1) is 11.8 Å². The largest absolute Gasteiger partial charge is 0.385 e. The van der Waals surface area contributed by atoms with Crippen molar-refractivity contribution in [2.24, 2.45) is 0 Å². The fraction of sp³-hybridized carbons (Fsp3) is 0.533. The summed E-state index contributed by atoms with van der Waals surface area (Å²) in [6.07, 6.45) is 0.837. The van der Waals surface area contributed by atoms with Crippen LogP contribution < -0.4 is 5.32 Å². The Kier molecular flexibility index (Phi) is 7.62. The van der Waals surface area contributed by atoms with Crippen LogP contribution in [0.4, 0.5) is 0 Å². The molecule has 112 valence electrons. The van der Waals surface area contributed by atoms with E-state index in [0.717, 1.165) is 15.8 Å². The van der Waals surface area contributed by atoms with Gasteiger partial charge >= 0.3 is 0 Å². The van der Waals surface area contributed by atoms with Gasteiger partial charge in [0, 0.05) is 29.1 Å². The second kappa shape index (κ2) is 8.70. The van der Waals surface area contributed by atoms with Crippen LogP contribution in [-0.4, -0.2) is 31.4 Å². The Morgan fingerprint density at radius 3 is 2.75 bits per heavy atom. The summed E-state index contributed by atoms with van der Waals surface area (Å²) in [7, 11) is 1.67. The number of hydrogen-bond donors (Lipinski definition) is 1. The normalized spacial score (nSPS) is 12.2. The number of hydrogen-bond acceptors (Lipinski definition) is 3. The molecule has 1 unspecified atom stereocenters. The molecule has 0 fully saturated rings. The van der Waals surface area contributed by atoms with Crippen molar-refractivity contribution >= 4 is 33.6 Å². The lowest BCUT2D eigenvalue weighted by atomic mass is 10.2. The van der Waals surface area contributed by atoms with Crippen molar-refractivity contribution in [1.82, 2.24) is 5.32 Å². The van der Waals surface area contributed by atoms with E-state index < -0.39 is 0 Å². The first kappa shape index (κ1) is 17.5. The average molecular weight is 360 g/mol. The van der Waals surface area contributed by atoms with Gasteiger partial charge in [-0.25, -0.2) is 0 Å². The molecule has 1 rings (SSSR count). The summed E-state index contributed by atoms with van der Waals surface area (Å²) in [5.41, 5.74) is 2.37. The SMILES string of the molecule is COCCC(C)NC(=O)CSc1cc(C)c(Br)cc1C. The molecule has 5 heteroatoms. The third-order valence-corrected chi connectivity index (χ3v) is 4.99. The Bertz CT molecular complexity index is 465. The zero-order valence-corrected chi connectivity index (χ0v) is 14.9. The van der Waals surface area contributed by atoms with Gasteiger partial charge in [-0.05, 0) is 50.5 Å². The standard InChI is InChI=1S/C15H22BrNO2S/c1-10-8-14(11(2)7-13(10)16)20-9-15(18)17-12(3)5-6-19-4/h7-8,12H,5-6,9H2,1-4H3,(H,17,18). The minimum absolute atomic E-state index is 0.0681. The van der Waals surface area contributed by atoms with E-state index in [0.29, 0.717) is 12.4 Å². The summed E-state index contributed by atoms with van der Waals surface area (Å²) in [5.74, 6) is 0.512. The summed E-state index contributed by atoms with van der Waals surface area (Å²) in [6, 6.07) is 4.36. The smallest absolute Gasteiger partial charge is 0.230 e. The van der Waals surface area contributed by atoms with Crippen molar-refractivity contribution in [2.45, 2.75) is 38.1 Å². The van der Waals surface area contributed by atoms with Crippen LogP contribution in [0.5, 0.6) is 0 Å². The molecule has 1 aromatic carbocycles. The van der Waals surface area contributed by atoms with E-state index in [1.807, 2.05) is 6.92 Å². The molecule has 1 N–H and O–H groups in total. The summed E-state index contributed by atoms with van der Waals surface area (Å²) in [6.45, 7) is 6.78. The molecule has 20 heavy (non-hydrogen) atoms. The zero-order chi connectivity index (χ0) is 15.1. The van der Waals surface area contributed by atoms with Crippen molar-refractivity contribution in [2.75, 3.05) is 19.5 Å². The van der Waals surface area contributed by atoms with Gasteiger partial charge in [0.15, 0.2) is 0 Å². The molecule has 1 amide bonds. The van der Waals surface area contributed by atoms with Crippen LogP contribution in [-0.2, 0) is 9.53 Å². The van der Waals surface area contributed by atoms with Crippen molar-refractivity contribution < 1.29 is 9.53 Å². The molecule has 0 aromatic heterocycles. The highest BCUT2D eigenvalue weighted by molar-refractivity contribution is 9.10. The summed E-state index contributed by atoms with van der Waals surface area (Å²) < 4.78 is 6.11. The van der Waals surface area contributed by atoms with E-state index in [1.54, 1.807) is 18.9 Å². The fourth-order valence-electron chi connectivity index (χ4n) is 1.74. The molecule has 0 bridgehead atoms. The first-order valence-electron chi connectivity index (χ1n) is 6.62. The number of carbonyl (C=O) groups excluding carboxylic acids is 1. The Hall–Kier alpha value is -0.520. The van der Waals surface area contributed by atoms with Crippen LogP contribution in [0.3, 0.4) is 0 Å². The molecular formula is C15H22BrNO2S. The lowest BCUT2D eigenvalue weighted by molar-refractivity contribution is -0.119. The topological polar surface area (TPSA) is 38.3 Å². The van der Waals surface area contributed by atoms with Gasteiger partial charge in [0.25, 0.3) is 0 Å². The van der Waals surface area contributed by atoms with Gasteiger partial charge in [-0.2, -0.15) is 0 Å². The maximum absolute atomic E-state index is 11.9. The third-order valence-electron chi connectivity index (χ3n) is 2.98. The number of nitrogens with one attached hydrogen (secondary N) is 1. The molecule has 0 radical (unpaired) electrons. The van der Waals surface area contributed by atoms with E-state index in [-0.39, 0.29) is 11.9 Å². The maximum Gasteiger partial charge on any atom is 0.230 e. The van der Waals surface area contributed by atoms with Crippen LogP contribution >= 0.6 is 27.7 Å². The van der Waals surface area contributed by atoms with Gasteiger partial charge in [0.05, 0.1) is 5.75 Å². The Labute approximate surface area is 134 Å².